The average Bonchev–Trinajstić information content (AvgIpc) is 2.05. The van der Waals surface area contributed by atoms with E-state index >= 15 is 0 Å². The van der Waals surface area contributed by atoms with Gasteiger partial charge in [0.1, 0.15) is 0 Å². The van der Waals surface area contributed by atoms with Gasteiger partial charge in [0, 0.05) is 19.1 Å². The number of hydrogen-bond acceptors (Lipinski definition) is 3. The van der Waals surface area contributed by atoms with Crippen LogP contribution in [-0.4, -0.2) is 30.4 Å². The van der Waals surface area contributed by atoms with Crippen LogP contribution in [0.3, 0.4) is 0 Å². The normalized spacial score (nSPS) is 21.1. The number of carbonyl (C=O) groups excluding carboxylic acids is 1. The van der Waals surface area contributed by atoms with Crippen molar-refractivity contribution in [1.82, 2.24) is 10.3 Å². The number of piperidine rings is 1. The molecule has 0 aromatic carbocycles. The van der Waals surface area contributed by atoms with E-state index in [9.17, 15) is 4.79 Å². The van der Waals surface area contributed by atoms with E-state index in [-0.39, 0.29) is 0 Å². The number of nitrogens with one attached hydrogen (secondary N) is 1. The topological polar surface area (TPSA) is 58.4 Å². The number of nitrogens with two attached hydrogens (primary N) is 1. The van der Waals surface area contributed by atoms with Gasteiger partial charge < -0.3 is 4.90 Å². The van der Waals surface area contributed by atoms with Gasteiger partial charge in [-0.05, 0) is 12.8 Å². The summed E-state index contributed by atoms with van der Waals surface area (Å²) in [6.45, 7) is 1.66. The number of amides is 1. The van der Waals surface area contributed by atoms with E-state index in [0.29, 0.717) is 6.04 Å². The van der Waals surface area contributed by atoms with Gasteiger partial charge in [0.25, 0.3) is 0 Å². The predicted octanol–water partition coefficient (Wildman–Crippen LogP) is -0.930. The van der Waals surface area contributed by atoms with Gasteiger partial charge in [-0.3, -0.25) is 16.1 Å². The van der Waals surface area contributed by atoms with Gasteiger partial charge in [-0.15, -0.1) is 0 Å². The molecule has 58 valence electrons. The lowest BCUT2D eigenvalue weighted by molar-refractivity contribution is -0.119. The molecule has 1 fully saturated rings. The predicted molar refractivity (Wildman–Crippen MR) is 38.0 cm³/mol. The molecule has 1 aliphatic heterocycles. The third-order valence-electron chi connectivity index (χ3n) is 1.91. The summed E-state index contributed by atoms with van der Waals surface area (Å²) in [5.74, 6) is 5.23. The number of hydrazine groups is 1. The maximum Gasteiger partial charge on any atom is 0.209 e. The van der Waals surface area contributed by atoms with E-state index in [4.69, 9.17) is 5.84 Å². The molecule has 0 spiro atoms. The van der Waals surface area contributed by atoms with E-state index in [0.717, 1.165) is 32.3 Å². The highest BCUT2D eigenvalue weighted by Crippen LogP contribution is 2.06. The number of rotatable bonds is 2. The highest BCUT2D eigenvalue weighted by molar-refractivity contribution is 5.47. The second-order valence-electron chi connectivity index (χ2n) is 2.58. The second kappa shape index (κ2) is 3.53. The van der Waals surface area contributed by atoms with Crippen LogP contribution in [0.2, 0.25) is 0 Å². The zero-order valence-electron chi connectivity index (χ0n) is 5.92. The van der Waals surface area contributed by atoms with Crippen LogP contribution in [0.25, 0.3) is 0 Å². The third-order valence-corrected chi connectivity index (χ3v) is 1.91. The smallest absolute Gasteiger partial charge is 0.209 e. The number of hydrogen-bond donors (Lipinski definition) is 2. The Balaban J connectivity index is 2.23. The minimum absolute atomic E-state index is 0.399. The molecule has 1 saturated heterocycles. The Hall–Kier alpha value is -0.610. The quantitative estimate of drug-likeness (QED) is 0.298. The largest absolute Gasteiger partial charge is 0.345 e. The SMILES string of the molecule is NNC1CCN(C=O)CC1. The lowest BCUT2D eigenvalue weighted by Gasteiger charge is -2.28. The minimum atomic E-state index is 0.399. The molecule has 10 heavy (non-hydrogen) atoms. The third kappa shape index (κ3) is 1.68. The van der Waals surface area contributed by atoms with E-state index < -0.39 is 0 Å². The minimum Gasteiger partial charge on any atom is -0.345 e. The first-order valence-electron chi connectivity index (χ1n) is 3.52. The van der Waals surface area contributed by atoms with Crippen molar-refractivity contribution >= 4 is 6.41 Å². The molecule has 1 aliphatic rings. The van der Waals surface area contributed by atoms with Crippen LogP contribution >= 0.6 is 0 Å². The van der Waals surface area contributed by atoms with Gasteiger partial charge in [0.05, 0.1) is 0 Å². The fraction of sp³-hybridized carbons (Fsp3) is 0.833. The summed E-state index contributed by atoms with van der Waals surface area (Å²) in [7, 11) is 0. The van der Waals surface area contributed by atoms with Crippen LogP contribution in [-0.2, 0) is 4.79 Å². The first kappa shape index (κ1) is 7.50. The maximum atomic E-state index is 10.2. The van der Waals surface area contributed by atoms with Gasteiger partial charge in [-0.1, -0.05) is 0 Å². The summed E-state index contributed by atoms with van der Waals surface area (Å²) in [4.78, 5) is 12.0. The first-order chi connectivity index (χ1) is 4.86. The summed E-state index contributed by atoms with van der Waals surface area (Å²) in [6, 6.07) is 0.399. The number of nitrogens with zero attached hydrogens (tertiary/aromatic N) is 1. The Kier molecular flexibility index (Phi) is 2.65. The highest BCUT2D eigenvalue weighted by atomic mass is 16.1. The fourth-order valence-corrected chi connectivity index (χ4v) is 1.17. The summed E-state index contributed by atoms with van der Waals surface area (Å²) in [6.07, 6.45) is 2.83. The van der Waals surface area contributed by atoms with E-state index in [2.05, 4.69) is 5.43 Å². The number of carbonyl (C=O) groups is 1. The van der Waals surface area contributed by atoms with Gasteiger partial charge in [0.2, 0.25) is 6.41 Å². The molecule has 4 heteroatoms. The monoisotopic (exact) mass is 143 g/mol. The van der Waals surface area contributed by atoms with Crippen LogP contribution in [0.4, 0.5) is 0 Å². The molecule has 4 nitrogen and oxygen atoms in total. The van der Waals surface area contributed by atoms with Crippen molar-refractivity contribution in [2.45, 2.75) is 18.9 Å². The van der Waals surface area contributed by atoms with Crippen LogP contribution in [0.5, 0.6) is 0 Å². The van der Waals surface area contributed by atoms with Crippen molar-refractivity contribution < 1.29 is 4.79 Å². The zero-order valence-corrected chi connectivity index (χ0v) is 5.92. The fourth-order valence-electron chi connectivity index (χ4n) is 1.17. The molecule has 0 saturated carbocycles. The highest BCUT2D eigenvalue weighted by Gasteiger charge is 2.15. The van der Waals surface area contributed by atoms with E-state index in [1.165, 1.54) is 0 Å². The molecule has 1 amide bonds. The Morgan fingerprint density at radius 1 is 1.50 bits per heavy atom. The van der Waals surface area contributed by atoms with Crippen molar-refractivity contribution in [2.75, 3.05) is 13.1 Å². The van der Waals surface area contributed by atoms with Gasteiger partial charge in [-0.25, -0.2) is 0 Å². The lowest BCUT2D eigenvalue weighted by Crippen LogP contribution is -2.44. The van der Waals surface area contributed by atoms with E-state index in [1.54, 1.807) is 4.90 Å². The second-order valence-corrected chi connectivity index (χ2v) is 2.58. The molecule has 1 heterocycles. The lowest BCUT2D eigenvalue weighted by atomic mass is 10.1. The molecular weight excluding hydrogens is 130 g/mol. The Morgan fingerprint density at radius 2 is 2.10 bits per heavy atom. The number of likely N-dealkylation sites (tertiary alicyclic amines) is 1. The van der Waals surface area contributed by atoms with Crippen molar-refractivity contribution in [3.8, 4) is 0 Å². The Bertz CT molecular complexity index is 110. The van der Waals surface area contributed by atoms with Crippen LogP contribution < -0.4 is 11.3 Å². The summed E-state index contributed by atoms with van der Waals surface area (Å²) < 4.78 is 0. The maximum absolute atomic E-state index is 10.2. The molecule has 0 aliphatic carbocycles. The van der Waals surface area contributed by atoms with Crippen molar-refractivity contribution in [2.24, 2.45) is 5.84 Å². The zero-order chi connectivity index (χ0) is 7.40. The molecule has 0 aromatic rings. The van der Waals surface area contributed by atoms with Crippen LogP contribution in [0.15, 0.2) is 0 Å². The Morgan fingerprint density at radius 3 is 2.50 bits per heavy atom. The standard InChI is InChI=1S/C6H13N3O/c7-8-6-1-3-9(5-10)4-2-6/h5-6,8H,1-4,7H2. The molecule has 0 unspecified atom stereocenters. The summed E-state index contributed by atoms with van der Waals surface area (Å²) >= 11 is 0. The van der Waals surface area contributed by atoms with Crippen molar-refractivity contribution in [3.05, 3.63) is 0 Å². The van der Waals surface area contributed by atoms with Gasteiger partial charge in [-0.2, -0.15) is 0 Å². The average molecular weight is 143 g/mol. The van der Waals surface area contributed by atoms with E-state index in [1.807, 2.05) is 0 Å². The molecule has 0 aromatic heterocycles. The van der Waals surface area contributed by atoms with Crippen LogP contribution in [0.1, 0.15) is 12.8 Å². The molecule has 3 N–H and O–H groups in total. The van der Waals surface area contributed by atoms with Gasteiger partial charge in [0.15, 0.2) is 0 Å². The molecule has 0 atom stereocenters. The summed E-state index contributed by atoms with van der Waals surface area (Å²) in [5.41, 5.74) is 2.71. The molecule has 0 radical (unpaired) electrons. The van der Waals surface area contributed by atoms with Crippen LogP contribution in [0, 0.1) is 0 Å². The Labute approximate surface area is 60.3 Å². The van der Waals surface area contributed by atoms with Crippen molar-refractivity contribution in [1.29, 1.82) is 0 Å². The molecule has 1 rings (SSSR count). The van der Waals surface area contributed by atoms with Gasteiger partial charge >= 0.3 is 0 Å². The molecular formula is C6H13N3O. The first-order valence-corrected chi connectivity index (χ1v) is 3.52. The van der Waals surface area contributed by atoms with Crippen molar-refractivity contribution in [3.63, 3.8) is 0 Å². The molecule has 0 bridgehead atoms. The summed E-state index contributed by atoms with van der Waals surface area (Å²) in [5, 5.41) is 0.